The molecule has 0 bridgehead atoms. The summed E-state index contributed by atoms with van der Waals surface area (Å²) in [5.74, 6) is 0.429. The van der Waals surface area contributed by atoms with Crippen LogP contribution in [0, 0.1) is 0 Å². The third kappa shape index (κ3) is 1.51. The van der Waals surface area contributed by atoms with Crippen LogP contribution in [0.4, 0.5) is 0 Å². The zero-order chi connectivity index (χ0) is 6.53. The van der Waals surface area contributed by atoms with Gasteiger partial charge in [0.15, 0.2) is 0 Å². The number of isocyanates is 1. The topological polar surface area (TPSA) is 55.5 Å². The minimum atomic E-state index is 0.177. The molecule has 0 spiro atoms. The summed E-state index contributed by atoms with van der Waals surface area (Å²) in [5.41, 5.74) is 0. The van der Waals surface area contributed by atoms with Crippen LogP contribution in [0.25, 0.3) is 0 Å². The van der Waals surface area contributed by atoms with E-state index in [0.717, 1.165) is 0 Å². The lowest BCUT2D eigenvalue weighted by atomic mass is 10.7. The number of carbonyl (C=O) groups excluding carboxylic acids is 1. The molecule has 4 heteroatoms. The van der Waals surface area contributed by atoms with Gasteiger partial charge >= 0.3 is 0 Å². The van der Waals surface area contributed by atoms with Gasteiger partial charge in [0.2, 0.25) is 12.0 Å². The molecule has 0 unspecified atom stereocenters. The van der Waals surface area contributed by atoms with Crippen LogP contribution in [-0.2, 0) is 11.3 Å². The molecule has 0 amide bonds. The van der Waals surface area contributed by atoms with Crippen LogP contribution < -0.4 is 0 Å². The van der Waals surface area contributed by atoms with Crippen LogP contribution in [0.15, 0.2) is 21.9 Å². The smallest absolute Gasteiger partial charge is 0.235 e. The second-order valence-electron chi connectivity index (χ2n) is 1.33. The molecule has 0 atom stereocenters. The molecule has 0 aromatic carbocycles. The number of nitrogens with zero attached hydrogens (tertiary/aromatic N) is 2. The number of aromatic nitrogens is 1. The van der Waals surface area contributed by atoms with E-state index in [2.05, 4.69) is 9.98 Å². The normalized spacial score (nSPS) is 8.44. The maximum Gasteiger partial charge on any atom is 0.235 e. The van der Waals surface area contributed by atoms with E-state index in [1.165, 1.54) is 18.5 Å². The Labute approximate surface area is 51.2 Å². The number of hydrogen-bond acceptors (Lipinski definition) is 4. The van der Waals surface area contributed by atoms with Crippen molar-refractivity contribution in [1.29, 1.82) is 0 Å². The summed E-state index contributed by atoms with van der Waals surface area (Å²) >= 11 is 0. The Morgan fingerprint density at radius 2 is 2.78 bits per heavy atom. The van der Waals surface area contributed by atoms with Crippen molar-refractivity contribution in [1.82, 2.24) is 4.98 Å². The quantitative estimate of drug-likeness (QED) is 0.426. The SMILES string of the molecule is O=C=NCc1ncco1. The summed E-state index contributed by atoms with van der Waals surface area (Å²) in [4.78, 5) is 16.5. The van der Waals surface area contributed by atoms with Crippen molar-refractivity contribution in [3.05, 3.63) is 18.4 Å². The molecule has 1 heterocycles. The van der Waals surface area contributed by atoms with Gasteiger partial charge in [0.1, 0.15) is 12.8 Å². The molecular weight excluding hydrogens is 120 g/mol. The van der Waals surface area contributed by atoms with Crippen molar-refractivity contribution in [2.24, 2.45) is 4.99 Å². The highest BCUT2D eigenvalue weighted by molar-refractivity contribution is 5.32. The van der Waals surface area contributed by atoms with Crippen LogP contribution in [0.1, 0.15) is 5.89 Å². The van der Waals surface area contributed by atoms with E-state index in [-0.39, 0.29) is 6.54 Å². The molecule has 0 aliphatic heterocycles. The molecular formula is C5H4N2O2. The van der Waals surface area contributed by atoms with Crippen LogP contribution >= 0.6 is 0 Å². The van der Waals surface area contributed by atoms with Gasteiger partial charge in [-0.25, -0.2) is 9.78 Å². The fourth-order valence-electron chi connectivity index (χ4n) is 0.431. The Bertz CT molecular complexity index is 211. The number of oxazole rings is 1. The summed E-state index contributed by atoms with van der Waals surface area (Å²) < 4.78 is 4.75. The fourth-order valence-corrected chi connectivity index (χ4v) is 0.431. The first kappa shape index (κ1) is 5.72. The van der Waals surface area contributed by atoms with E-state index in [4.69, 9.17) is 4.42 Å². The average Bonchev–Trinajstić information content (AvgIpc) is 2.34. The Kier molecular flexibility index (Phi) is 1.77. The highest BCUT2D eigenvalue weighted by atomic mass is 16.3. The van der Waals surface area contributed by atoms with Gasteiger partial charge in [0, 0.05) is 0 Å². The van der Waals surface area contributed by atoms with Crippen LogP contribution in [0.2, 0.25) is 0 Å². The molecule has 0 saturated heterocycles. The zero-order valence-electron chi connectivity index (χ0n) is 4.57. The van der Waals surface area contributed by atoms with E-state index in [1.54, 1.807) is 0 Å². The summed E-state index contributed by atoms with van der Waals surface area (Å²) in [7, 11) is 0. The first-order valence-electron chi connectivity index (χ1n) is 2.35. The number of hydrogen-bond donors (Lipinski definition) is 0. The molecule has 0 saturated carbocycles. The number of rotatable bonds is 2. The maximum atomic E-state index is 9.54. The van der Waals surface area contributed by atoms with Gasteiger partial charge in [-0.2, -0.15) is 4.99 Å². The summed E-state index contributed by atoms with van der Waals surface area (Å²) in [5, 5.41) is 0. The second kappa shape index (κ2) is 2.79. The Morgan fingerprint density at radius 1 is 1.89 bits per heavy atom. The summed E-state index contributed by atoms with van der Waals surface area (Å²) in [6.07, 6.45) is 4.30. The molecule has 1 aromatic heterocycles. The molecule has 0 radical (unpaired) electrons. The van der Waals surface area contributed by atoms with Gasteiger partial charge in [-0.05, 0) is 0 Å². The fraction of sp³-hybridized carbons (Fsp3) is 0.200. The van der Waals surface area contributed by atoms with Gasteiger partial charge in [-0.3, -0.25) is 0 Å². The highest BCUT2D eigenvalue weighted by Gasteiger charge is 1.91. The third-order valence-electron chi connectivity index (χ3n) is 0.762. The van der Waals surface area contributed by atoms with Crippen LogP contribution in [-0.4, -0.2) is 11.1 Å². The van der Waals surface area contributed by atoms with Gasteiger partial charge in [0.25, 0.3) is 0 Å². The lowest BCUT2D eigenvalue weighted by Gasteiger charge is -1.78. The molecule has 9 heavy (non-hydrogen) atoms. The van der Waals surface area contributed by atoms with Crippen molar-refractivity contribution in [3.8, 4) is 0 Å². The van der Waals surface area contributed by atoms with Crippen molar-refractivity contribution >= 4 is 6.08 Å². The molecule has 46 valence electrons. The van der Waals surface area contributed by atoms with Crippen molar-refractivity contribution in [2.45, 2.75) is 6.54 Å². The molecule has 1 rings (SSSR count). The first-order valence-corrected chi connectivity index (χ1v) is 2.35. The van der Waals surface area contributed by atoms with Crippen LogP contribution in [0.3, 0.4) is 0 Å². The van der Waals surface area contributed by atoms with Crippen molar-refractivity contribution in [2.75, 3.05) is 0 Å². The van der Waals surface area contributed by atoms with E-state index < -0.39 is 0 Å². The minimum absolute atomic E-state index is 0.177. The molecule has 0 aliphatic rings. The maximum absolute atomic E-state index is 9.54. The standard InChI is InChI=1S/C5H4N2O2/c8-4-6-3-5-7-1-2-9-5/h1-2H,3H2. The Balaban J connectivity index is 2.57. The third-order valence-corrected chi connectivity index (χ3v) is 0.762. The van der Waals surface area contributed by atoms with E-state index >= 15 is 0 Å². The van der Waals surface area contributed by atoms with Gasteiger partial charge in [-0.15, -0.1) is 0 Å². The van der Waals surface area contributed by atoms with E-state index in [0.29, 0.717) is 5.89 Å². The second-order valence-corrected chi connectivity index (χ2v) is 1.33. The summed E-state index contributed by atoms with van der Waals surface area (Å²) in [6, 6.07) is 0. The molecule has 4 nitrogen and oxygen atoms in total. The Morgan fingerprint density at radius 3 is 3.33 bits per heavy atom. The van der Waals surface area contributed by atoms with Gasteiger partial charge in [-0.1, -0.05) is 0 Å². The monoisotopic (exact) mass is 124 g/mol. The first-order chi connectivity index (χ1) is 4.43. The van der Waals surface area contributed by atoms with Gasteiger partial charge in [0.05, 0.1) is 6.20 Å². The largest absolute Gasteiger partial charge is 0.447 e. The number of aliphatic imine (C=N–C) groups is 1. The summed E-state index contributed by atoms with van der Waals surface area (Å²) in [6.45, 7) is 0.177. The van der Waals surface area contributed by atoms with E-state index in [1.807, 2.05) is 0 Å². The lowest BCUT2D eigenvalue weighted by molar-refractivity contribution is 0.495. The molecule has 0 aliphatic carbocycles. The molecule has 1 aromatic rings. The zero-order valence-corrected chi connectivity index (χ0v) is 4.57. The predicted octanol–water partition coefficient (Wildman–Crippen LogP) is 0.510. The van der Waals surface area contributed by atoms with Gasteiger partial charge < -0.3 is 4.42 Å². The average molecular weight is 124 g/mol. The molecule has 0 N–H and O–H groups in total. The minimum Gasteiger partial charge on any atom is -0.447 e. The lowest BCUT2D eigenvalue weighted by Crippen LogP contribution is -1.77. The van der Waals surface area contributed by atoms with Crippen molar-refractivity contribution < 1.29 is 9.21 Å². The Hall–Kier alpha value is -1.41. The van der Waals surface area contributed by atoms with E-state index in [9.17, 15) is 4.79 Å². The van der Waals surface area contributed by atoms with Crippen molar-refractivity contribution in [3.63, 3.8) is 0 Å². The predicted molar refractivity (Wildman–Crippen MR) is 28.3 cm³/mol. The molecule has 0 fully saturated rings. The highest BCUT2D eigenvalue weighted by Crippen LogP contribution is 1.94. The van der Waals surface area contributed by atoms with Crippen LogP contribution in [0.5, 0.6) is 0 Å².